The number of methoxy groups -OCH3 is 1. The number of nitrogens with zero attached hydrogens (tertiary/aromatic N) is 1. The van der Waals surface area contributed by atoms with Gasteiger partial charge in [-0.05, 0) is 68.1 Å². The first kappa shape index (κ1) is 22.4. The molecule has 1 unspecified atom stereocenters. The lowest BCUT2D eigenvalue weighted by atomic mass is 9.63. The van der Waals surface area contributed by atoms with Gasteiger partial charge in [0, 0.05) is 39.1 Å². The molecule has 0 saturated heterocycles. The third-order valence-corrected chi connectivity index (χ3v) is 7.22. The van der Waals surface area contributed by atoms with E-state index in [9.17, 15) is 14.4 Å². The quantitative estimate of drug-likeness (QED) is 0.576. The fourth-order valence-electron chi connectivity index (χ4n) is 5.56. The van der Waals surface area contributed by atoms with E-state index in [0.29, 0.717) is 39.8 Å². The van der Waals surface area contributed by atoms with Crippen LogP contribution in [-0.4, -0.2) is 24.8 Å². The second-order valence-electron chi connectivity index (χ2n) is 8.93. The minimum Gasteiger partial charge on any atom is -0.466 e. The van der Waals surface area contributed by atoms with Crippen molar-refractivity contribution in [1.82, 2.24) is 0 Å². The summed E-state index contributed by atoms with van der Waals surface area (Å²) in [6.45, 7) is 3.95. The maximum absolute atomic E-state index is 13.8. The van der Waals surface area contributed by atoms with Crippen molar-refractivity contribution < 1.29 is 19.1 Å². The summed E-state index contributed by atoms with van der Waals surface area (Å²) in [5.74, 6) is -1.31. The van der Waals surface area contributed by atoms with Crippen LogP contribution >= 0.6 is 15.9 Å². The first-order chi connectivity index (χ1) is 16.2. The molecule has 1 aliphatic carbocycles. The van der Waals surface area contributed by atoms with Crippen molar-refractivity contribution in [2.45, 2.75) is 38.5 Å². The molecule has 2 aromatic rings. The molecule has 0 aromatic heterocycles. The first-order valence-electron chi connectivity index (χ1n) is 11.1. The molecule has 3 aliphatic rings. The summed E-state index contributed by atoms with van der Waals surface area (Å²) < 4.78 is 5.87. The number of anilines is 2. The van der Waals surface area contributed by atoms with Crippen LogP contribution in [0.1, 0.15) is 36.0 Å². The van der Waals surface area contributed by atoms with Crippen LogP contribution in [0.4, 0.5) is 11.4 Å². The van der Waals surface area contributed by atoms with Gasteiger partial charge in [-0.15, -0.1) is 0 Å². The number of benzene rings is 2. The van der Waals surface area contributed by atoms with Crippen molar-refractivity contribution in [2.24, 2.45) is 5.73 Å². The van der Waals surface area contributed by atoms with Crippen LogP contribution in [0.3, 0.4) is 0 Å². The molecular formula is C26H24BrN3O4. The zero-order chi connectivity index (χ0) is 24.4. The molecule has 2 aromatic carbocycles. The van der Waals surface area contributed by atoms with E-state index in [1.54, 1.807) is 23.1 Å². The zero-order valence-corrected chi connectivity index (χ0v) is 20.7. The molecule has 1 spiro atoms. The van der Waals surface area contributed by atoms with Gasteiger partial charge < -0.3 is 15.8 Å². The maximum Gasteiger partial charge on any atom is 0.339 e. The van der Waals surface area contributed by atoms with Crippen LogP contribution in [-0.2, 0) is 24.5 Å². The van der Waals surface area contributed by atoms with E-state index in [1.807, 2.05) is 32.0 Å². The summed E-state index contributed by atoms with van der Waals surface area (Å²) in [7, 11) is 1.25. The number of nitrogens with one attached hydrogen (secondary N) is 1. The van der Waals surface area contributed by atoms with Gasteiger partial charge in [0.1, 0.15) is 16.8 Å². The third kappa shape index (κ3) is 2.98. The number of hydrogen-bond donors (Lipinski definition) is 2. The Bertz CT molecular complexity index is 1340. The van der Waals surface area contributed by atoms with E-state index in [0.717, 1.165) is 16.8 Å². The number of rotatable bonds is 2. The van der Waals surface area contributed by atoms with Gasteiger partial charge in [-0.25, -0.2) is 4.79 Å². The number of allylic oxidation sites excluding steroid dienone is 1. The van der Waals surface area contributed by atoms with E-state index < -0.39 is 17.3 Å². The number of aryl methyl sites for hydroxylation is 2. The number of nitrogens with two attached hydrogens (primary N) is 1. The van der Waals surface area contributed by atoms with E-state index in [-0.39, 0.29) is 23.6 Å². The van der Waals surface area contributed by atoms with Crippen LogP contribution in [0.15, 0.2) is 63.5 Å². The largest absolute Gasteiger partial charge is 0.466 e. The van der Waals surface area contributed by atoms with Gasteiger partial charge in [-0.1, -0.05) is 22.0 Å². The molecule has 0 radical (unpaired) electrons. The van der Waals surface area contributed by atoms with Gasteiger partial charge in [0.05, 0.1) is 7.11 Å². The summed E-state index contributed by atoms with van der Waals surface area (Å²) in [6, 6.07) is 11.3. The third-order valence-electron chi connectivity index (χ3n) is 6.73. The monoisotopic (exact) mass is 521 g/mol. The molecule has 1 amide bonds. The van der Waals surface area contributed by atoms with Gasteiger partial charge in [-0.3, -0.25) is 14.5 Å². The van der Waals surface area contributed by atoms with Crippen molar-refractivity contribution in [2.75, 3.05) is 17.3 Å². The van der Waals surface area contributed by atoms with E-state index >= 15 is 0 Å². The summed E-state index contributed by atoms with van der Waals surface area (Å²) in [5, 5.41) is 2.88. The lowest BCUT2D eigenvalue weighted by Gasteiger charge is -2.44. The number of ether oxygens (including phenoxy) is 1. The summed E-state index contributed by atoms with van der Waals surface area (Å²) in [5.41, 5.74) is 9.79. The second-order valence-corrected chi connectivity index (χ2v) is 9.84. The van der Waals surface area contributed by atoms with E-state index in [2.05, 4.69) is 21.2 Å². The number of amides is 1. The predicted octanol–water partition coefficient (Wildman–Crippen LogP) is 4.13. The van der Waals surface area contributed by atoms with Crippen LogP contribution in [0.2, 0.25) is 0 Å². The van der Waals surface area contributed by atoms with Crippen molar-refractivity contribution in [3.05, 3.63) is 80.2 Å². The van der Waals surface area contributed by atoms with Crippen LogP contribution in [0.5, 0.6) is 0 Å². The number of esters is 1. The van der Waals surface area contributed by atoms with Gasteiger partial charge in [0.15, 0.2) is 5.78 Å². The molecule has 7 nitrogen and oxygen atoms in total. The number of halogens is 1. The predicted molar refractivity (Wildman–Crippen MR) is 132 cm³/mol. The topological polar surface area (TPSA) is 102 Å². The van der Waals surface area contributed by atoms with Crippen molar-refractivity contribution >= 4 is 45.0 Å². The number of fused-ring (bicyclic) bond motifs is 3. The van der Waals surface area contributed by atoms with Gasteiger partial charge in [-0.2, -0.15) is 0 Å². The Hall–Kier alpha value is -3.39. The van der Waals surface area contributed by atoms with Crippen molar-refractivity contribution in [3.63, 3.8) is 0 Å². The summed E-state index contributed by atoms with van der Waals surface area (Å²) >= 11 is 3.48. The Morgan fingerprint density at radius 3 is 2.50 bits per heavy atom. The Morgan fingerprint density at radius 2 is 1.82 bits per heavy atom. The number of hydrogen-bond acceptors (Lipinski definition) is 6. The lowest BCUT2D eigenvalue weighted by molar-refractivity contribution is -0.138. The minimum atomic E-state index is -1.68. The Morgan fingerprint density at radius 1 is 1.12 bits per heavy atom. The van der Waals surface area contributed by atoms with Crippen molar-refractivity contribution in [3.8, 4) is 0 Å². The number of ketones is 1. The second kappa shape index (κ2) is 7.84. The average Bonchev–Trinajstić information content (AvgIpc) is 3.04. The molecule has 8 heteroatoms. The molecular weight excluding hydrogens is 498 g/mol. The Labute approximate surface area is 205 Å². The Kier molecular flexibility index (Phi) is 5.16. The SMILES string of the molecule is COC(=O)C1=C(N)N(c2cc(C)cc(C)c2)C2=C(C(=O)CCC2)C12C(=O)Nc1ccc(Br)cc12. The number of Topliss-reactive ketones (excluding diaryl/α,β-unsaturated/α-hetero) is 1. The first-order valence-corrected chi connectivity index (χ1v) is 11.8. The molecule has 2 aliphatic heterocycles. The summed E-state index contributed by atoms with van der Waals surface area (Å²) in [4.78, 5) is 42.5. The average molecular weight is 522 g/mol. The number of carbonyl (C=O) groups is 3. The molecule has 2 heterocycles. The highest BCUT2D eigenvalue weighted by Gasteiger charge is 2.62. The standard InChI is InChI=1S/C26H24BrN3O4/c1-13-9-14(2)11-16(10-13)30-19-5-4-6-20(31)21(19)26(22(23(30)28)24(32)34-3)17-12-15(27)7-8-18(17)29-25(26)33/h7-12H,4-6,28H2,1-3H3,(H,29,33). The molecule has 0 saturated carbocycles. The molecule has 5 rings (SSSR count). The van der Waals surface area contributed by atoms with E-state index in [4.69, 9.17) is 10.5 Å². The molecule has 3 N–H and O–H groups in total. The smallest absolute Gasteiger partial charge is 0.339 e. The fourth-order valence-corrected chi connectivity index (χ4v) is 5.92. The highest BCUT2D eigenvalue weighted by atomic mass is 79.9. The normalized spacial score (nSPS) is 21.6. The van der Waals surface area contributed by atoms with E-state index in [1.165, 1.54) is 7.11 Å². The fraction of sp³-hybridized carbons (Fsp3) is 0.269. The van der Waals surface area contributed by atoms with Crippen LogP contribution in [0, 0.1) is 13.8 Å². The maximum atomic E-state index is 13.8. The number of carbonyl (C=O) groups excluding carboxylic acids is 3. The highest BCUT2D eigenvalue weighted by molar-refractivity contribution is 9.10. The summed E-state index contributed by atoms with van der Waals surface area (Å²) in [6.07, 6.45) is 1.46. The van der Waals surface area contributed by atoms with Crippen LogP contribution < -0.4 is 16.0 Å². The van der Waals surface area contributed by atoms with Gasteiger partial charge >= 0.3 is 5.97 Å². The zero-order valence-electron chi connectivity index (χ0n) is 19.1. The molecule has 174 valence electrons. The molecule has 0 bridgehead atoms. The van der Waals surface area contributed by atoms with Crippen LogP contribution in [0.25, 0.3) is 0 Å². The molecule has 1 atom stereocenters. The Balaban J connectivity index is 1.93. The molecule has 0 fully saturated rings. The lowest BCUT2D eigenvalue weighted by Crippen LogP contribution is -2.53. The van der Waals surface area contributed by atoms with Gasteiger partial charge in [0.2, 0.25) is 5.91 Å². The highest BCUT2D eigenvalue weighted by Crippen LogP contribution is 2.56. The minimum absolute atomic E-state index is 0.0440. The van der Waals surface area contributed by atoms with Crippen molar-refractivity contribution in [1.29, 1.82) is 0 Å². The van der Waals surface area contributed by atoms with Gasteiger partial charge in [0.25, 0.3) is 0 Å². The molecule has 34 heavy (non-hydrogen) atoms.